The molecule has 23 heavy (non-hydrogen) atoms. The van der Waals surface area contributed by atoms with Crippen LogP contribution in [0.1, 0.15) is 16.8 Å². The van der Waals surface area contributed by atoms with Crippen LogP contribution in [0, 0.1) is 12.3 Å². The number of anilines is 1. The van der Waals surface area contributed by atoms with E-state index in [1.165, 1.54) is 7.11 Å². The lowest BCUT2D eigenvalue weighted by Crippen LogP contribution is -2.23. The molecule has 5 heteroatoms. The van der Waals surface area contributed by atoms with Crippen LogP contribution in [0.25, 0.3) is 10.9 Å². The van der Waals surface area contributed by atoms with Crippen molar-refractivity contribution in [2.45, 2.75) is 12.5 Å². The van der Waals surface area contributed by atoms with E-state index in [1.54, 1.807) is 12.3 Å². The average Bonchev–Trinajstić information content (AvgIpc) is 3.07. The minimum Gasteiger partial charge on any atom is -0.465 e. The first-order chi connectivity index (χ1) is 11.2. The van der Waals surface area contributed by atoms with E-state index in [9.17, 15) is 4.79 Å². The molecule has 118 valence electrons. The molecular weight excluding hydrogens is 292 g/mol. The Morgan fingerprint density at radius 3 is 3.13 bits per heavy atom. The van der Waals surface area contributed by atoms with Gasteiger partial charge in [0.1, 0.15) is 6.61 Å². The molecule has 0 radical (unpaired) electrons. The van der Waals surface area contributed by atoms with Crippen molar-refractivity contribution in [3.8, 4) is 12.3 Å². The van der Waals surface area contributed by atoms with Crippen LogP contribution >= 0.6 is 0 Å². The second-order valence-electron chi connectivity index (χ2n) is 5.40. The molecule has 0 bridgehead atoms. The molecule has 1 atom stereocenters. The molecule has 1 aromatic heterocycles. The van der Waals surface area contributed by atoms with E-state index >= 15 is 0 Å². The predicted molar refractivity (Wildman–Crippen MR) is 88.5 cm³/mol. The highest BCUT2D eigenvalue weighted by Gasteiger charge is 2.25. The SMILES string of the molecule is C#CCO[C@@H]1CCN(c2ccc(C(=O)OC)c3cccnc23)C1. The molecule has 1 aromatic carbocycles. The summed E-state index contributed by atoms with van der Waals surface area (Å²) in [6, 6.07) is 7.42. The van der Waals surface area contributed by atoms with Gasteiger partial charge in [0.15, 0.2) is 0 Å². The fraction of sp³-hybridized carbons (Fsp3) is 0.333. The number of methoxy groups -OCH3 is 1. The number of esters is 1. The summed E-state index contributed by atoms with van der Waals surface area (Å²) in [5, 5.41) is 0.796. The Kier molecular flexibility index (Phi) is 4.45. The van der Waals surface area contributed by atoms with Crippen molar-refractivity contribution in [2.75, 3.05) is 31.7 Å². The van der Waals surface area contributed by atoms with Crippen LogP contribution in [0.4, 0.5) is 5.69 Å². The van der Waals surface area contributed by atoms with Gasteiger partial charge in [-0.25, -0.2) is 4.79 Å². The first kappa shape index (κ1) is 15.3. The molecule has 2 heterocycles. The van der Waals surface area contributed by atoms with Crippen LogP contribution in [0.3, 0.4) is 0 Å². The molecular formula is C18H18N2O3. The zero-order chi connectivity index (χ0) is 16.2. The van der Waals surface area contributed by atoms with Gasteiger partial charge < -0.3 is 14.4 Å². The second-order valence-corrected chi connectivity index (χ2v) is 5.40. The molecule has 0 spiro atoms. The van der Waals surface area contributed by atoms with E-state index in [1.807, 2.05) is 18.2 Å². The minimum atomic E-state index is -0.355. The van der Waals surface area contributed by atoms with E-state index < -0.39 is 0 Å². The molecule has 1 aliphatic heterocycles. The van der Waals surface area contributed by atoms with Crippen LogP contribution in [0.15, 0.2) is 30.5 Å². The number of benzene rings is 1. The van der Waals surface area contributed by atoms with Crippen LogP contribution < -0.4 is 4.90 Å². The summed E-state index contributed by atoms with van der Waals surface area (Å²) in [6.45, 7) is 1.97. The van der Waals surface area contributed by atoms with Crippen molar-refractivity contribution in [2.24, 2.45) is 0 Å². The summed E-state index contributed by atoms with van der Waals surface area (Å²) in [5.74, 6) is 2.15. The van der Waals surface area contributed by atoms with Gasteiger partial charge >= 0.3 is 5.97 Å². The van der Waals surface area contributed by atoms with Crippen molar-refractivity contribution in [1.82, 2.24) is 4.98 Å². The molecule has 1 saturated heterocycles. The molecule has 0 aliphatic carbocycles. The zero-order valence-corrected chi connectivity index (χ0v) is 13.0. The fourth-order valence-corrected chi connectivity index (χ4v) is 2.95. The number of aromatic nitrogens is 1. The molecule has 3 rings (SSSR count). The quantitative estimate of drug-likeness (QED) is 0.640. The van der Waals surface area contributed by atoms with Crippen LogP contribution in [-0.2, 0) is 9.47 Å². The van der Waals surface area contributed by atoms with E-state index in [-0.39, 0.29) is 12.1 Å². The number of rotatable bonds is 4. The average molecular weight is 310 g/mol. The molecule has 2 aromatic rings. The monoisotopic (exact) mass is 310 g/mol. The highest BCUT2D eigenvalue weighted by atomic mass is 16.5. The Morgan fingerprint density at radius 1 is 1.48 bits per heavy atom. The van der Waals surface area contributed by atoms with E-state index in [4.69, 9.17) is 15.9 Å². The van der Waals surface area contributed by atoms with Gasteiger partial charge in [-0.15, -0.1) is 6.42 Å². The van der Waals surface area contributed by atoms with Gasteiger partial charge in [0, 0.05) is 24.7 Å². The number of pyridine rings is 1. The number of carbonyl (C=O) groups excluding carboxylic acids is 1. The first-order valence-corrected chi connectivity index (χ1v) is 7.50. The highest BCUT2D eigenvalue weighted by molar-refractivity contribution is 6.07. The van der Waals surface area contributed by atoms with Gasteiger partial charge in [-0.3, -0.25) is 4.98 Å². The van der Waals surface area contributed by atoms with Crippen LogP contribution in [0.5, 0.6) is 0 Å². The van der Waals surface area contributed by atoms with Crippen LogP contribution in [0.2, 0.25) is 0 Å². The maximum atomic E-state index is 11.9. The van der Waals surface area contributed by atoms with Gasteiger partial charge in [0.05, 0.1) is 30.0 Å². The Labute approximate surface area is 135 Å². The maximum Gasteiger partial charge on any atom is 0.338 e. The standard InChI is InChI=1S/C18H18N2O3/c1-3-11-23-13-8-10-20(12-13)16-7-6-15(18(21)22-2)14-5-4-9-19-17(14)16/h1,4-7,9,13H,8,10-12H2,2H3/t13-/m1/s1. The largest absolute Gasteiger partial charge is 0.465 e. The molecule has 0 saturated carbocycles. The van der Waals surface area contributed by atoms with Crippen molar-refractivity contribution in [1.29, 1.82) is 0 Å². The summed E-state index contributed by atoms with van der Waals surface area (Å²) in [5.41, 5.74) is 2.33. The third kappa shape index (κ3) is 2.99. The molecule has 0 unspecified atom stereocenters. The third-order valence-corrected chi connectivity index (χ3v) is 4.04. The number of terminal acetylenes is 1. The lowest BCUT2D eigenvalue weighted by molar-refractivity contribution is 0.0603. The topological polar surface area (TPSA) is 51.7 Å². The minimum absolute atomic E-state index is 0.130. The zero-order valence-electron chi connectivity index (χ0n) is 13.0. The predicted octanol–water partition coefficient (Wildman–Crippen LogP) is 2.25. The van der Waals surface area contributed by atoms with Gasteiger partial charge in [-0.2, -0.15) is 0 Å². The van der Waals surface area contributed by atoms with Crippen molar-refractivity contribution in [3.05, 3.63) is 36.0 Å². The number of carbonyl (C=O) groups is 1. The fourth-order valence-electron chi connectivity index (χ4n) is 2.95. The Balaban J connectivity index is 1.94. The summed E-state index contributed by atoms with van der Waals surface area (Å²) in [4.78, 5) is 18.6. The van der Waals surface area contributed by atoms with E-state index in [0.29, 0.717) is 12.2 Å². The Bertz CT molecular complexity index is 766. The van der Waals surface area contributed by atoms with Gasteiger partial charge in [-0.05, 0) is 24.6 Å². The Hall–Kier alpha value is -2.58. The number of ether oxygens (including phenoxy) is 2. The normalized spacial score (nSPS) is 17.2. The Morgan fingerprint density at radius 2 is 2.35 bits per heavy atom. The maximum absolute atomic E-state index is 11.9. The summed E-state index contributed by atoms with van der Waals surface area (Å²) < 4.78 is 10.5. The van der Waals surface area contributed by atoms with Crippen LogP contribution in [-0.4, -0.2) is 43.9 Å². The lowest BCUT2D eigenvalue weighted by atomic mass is 10.1. The van der Waals surface area contributed by atoms with Crippen molar-refractivity contribution >= 4 is 22.6 Å². The van der Waals surface area contributed by atoms with Crippen molar-refractivity contribution < 1.29 is 14.3 Å². The molecule has 5 nitrogen and oxygen atoms in total. The third-order valence-electron chi connectivity index (χ3n) is 4.04. The van der Waals surface area contributed by atoms with Gasteiger partial charge in [-0.1, -0.05) is 12.0 Å². The molecule has 0 N–H and O–H groups in total. The molecule has 1 aliphatic rings. The molecule has 0 amide bonds. The second kappa shape index (κ2) is 6.67. The number of nitrogens with zero attached hydrogens (tertiary/aromatic N) is 2. The lowest BCUT2D eigenvalue weighted by Gasteiger charge is -2.20. The van der Waals surface area contributed by atoms with E-state index in [2.05, 4.69) is 15.8 Å². The van der Waals surface area contributed by atoms with E-state index in [0.717, 1.165) is 36.1 Å². The molecule has 1 fully saturated rings. The van der Waals surface area contributed by atoms with Gasteiger partial charge in [0.2, 0.25) is 0 Å². The summed E-state index contributed by atoms with van der Waals surface area (Å²) in [7, 11) is 1.38. The van der Waals surface area contributed by atoms with Crippen molar-refractivity contribution in [3.63, 3.8) is 0 Å². The first-order valence-electron chi connectivity index (χ1n) is 7.50. The highest BCUT2D eigenvalue weighted by Crippen LogP contribution is 2.31. The number of fused-ring (bicyclic) bond motifs is 1. The summed E-state index contributed by atoms with van der Waals surface area (Å²) >= 11 is 0. The number of hydrogen-bond donors (Lipinski definition) is 0. The summed E-state index contributed by atoms with van der Waals surface area (Å²) in [6.07, 6.45) is 8.03. The smallest absolute Gasteiger partial charge is 0.338 e. The van der Waals surface area contributed by atoms with Gasteiger partial charge in [0.25, 0.3) is 0 Å². The number of hydrogen-bond acceptors (Lipinski definition) is 5.